The number of methoxy groups -OCH3 is 2. The van der Waals surface area contributed by atoms with Crippen molar-refractivity contribution < 1.29 is 14.2 Å². The number of nitriles is 1. The maximum Gasteiger partial charge on any atom is 0.191 e. The molecule has 0 aliphatic heterocycles. The number of ether oxygens (including phenoxy) is 3. The minimum atomic E-state index is -0.398. The van der Waals surface area contributed by atoms with E-state index in [1.807, 2.05) is 13.0 Å². The lowest BCUT2D eigenvalue weighted by molar-refractivity contribution is -0.122. The molecule has 0 saturated heterocycles. The fourth-order valence-electron chi connectivity index (χ4n) is 1.22. The zero-order chi connectivity index (χ0) is 12.0. The first-order valence-corrected chi connectivity index (χ1v) is 4.90. The van der Waals surface area contributed by atoms with Gasteiger partial charge in [-0.25, -0.2) is 0 Å². The van der Waals surface area contributed by atoms with Gasteiger partial charge in [-0.05, 0) is 24.6 Å². The SMILES string of the molecule is COC(COc1cc(C#N)ccc1C)OC. The summed E-state index contributed by atoms with van der Waals surface area (Å²) >= 11 is 0. The van der Waals surface area contributed by atoms with Crippen LogP contribution in [0.5, 0.6) is 5.75 Å². The van der Waals surface area contributed by atoms with Crippen LogP contribution in [-0.4, -0.2) is 27.1 Å². The van der Waals surface area contributed by atoms with Crippen molar-refractivity contribution in [2.24, 2.45) is 0 Å². The van der Waals surface area contributed by atoms with Gasteiger partial charge in [0.25, 0.3) is 0 Å². The number of rotatable bonds is 5. The average molecular weight is 221 g/mol. The van der Waals surface area contributed by atoms with Crippen LogP contribution in [-0.2, 0) is 9.47 Å². The van der Waals surface area contributed by atoms with Crippen LogP contribution in [0.4, 0.5) is 0 Å². The molecule has 1 aromatic carbocycles. The van der Waals surface area contributed by atoms with Crippen molar-refractivity contribution in [1.29, 1.82) is 5.26 Å². The molecule has 0 N–H and O–H groups in total. The highest BCUT2D eigenvalue weighted by molar-refractivity contribution is 5.41. The molecule has 4 nitrogen and oxygen atoms in total. The molecule has 0 fully saturated rings. The molecule has 0 aliphatic carbocycles. The number of nitrogens with zero attached hydrogens (tertiary/aromatic N) is 1. The summed E-state index contributed by atoms with van der Waals surface area (Å²) in [6, 6.07) is 7.38. The van der Waals surface area contributed by atoms with Crippen molar-refractivity contribution >= 4 is 0 Å². The molecule has 0 atom stereocenters. The first-order chi connectivity index (χ1) is 7.71. The number of aryl methyl sites for hydroxylation is 1. The van der Waals surface area contributed by atoms with E-state index in [1.54, 1.807) is 26.4 Å². The van der Waals surface area contributed by atoms with E-state index in [4.69, 9.17) is 19.5 Å². The van der Waals surface area contributed by atoms with Crippen LogP contribution in [0.25, 0.3) is 0 Å². The van der Waals surface area contributed by atoms with Crippen molar-refractivity contribution in [3.8, 4) is 11.8 Å². The van der Waals surface area contributed by atoms with Crippen LogP contribution in [0, 0.1) is 18.3 Å². The fraction of sp³-hybridized carbons (Fsp3) is 0.417. The lowest BCUT2D eigenvalue weighted by atomic mass is 10.1. The smallest absolute Gasteiger partial charge is 0.191 e. The molecule has 0 radical (unpaired) electrons. The summed E-state index contributed by atoms with van der Waals surface area (Å²) in [6.45, 7) is 2.22. The van der Waals surface area contributed by atoms with Crippen LogP contribution in [0.3, 0.4) is 0 Å². The van der Waals surface area contributed by atoms with Crippen molar-refractivity contribution in [2.75, 3.05) is 20.8 Å². The second-order valence-electron chi connectivity index (χ2n) is 3.30. The zero-order valence-electron chi connectivity index (χ0n) is 9.69. The molecule has 1 rings (SSSR count). The fourth-order valence-corrected chi connectivity index (χ4v) is 1.22. The third kappa shape index (κ3) is 3.23. The highest BCUT2D eigenvalue weighted by Crippen LogP contribution is 2.19. The lowest BCUT2D eigenvalue weighted by Crippen LogP contribution is -2.22. The van der Waals surface area contributed by atoms with Gasteiger partial charge >= 0.3 is 0 Å². The number of hydrogen-bond donors (Lipinski definition) is 0. The standard InChI is InChI=1S/C12H15NO3/c1-9-4-5-10(7-13)6-11(9)16-8-12(14-2)15-3/h4-6,12H,8H2,1-3H3. The van der Waals surface area contributed by atoms with Gasteiger partial charge in [-0.15, -0.1) is 0 Å². The predicted octanol–water partition coefficient (Wildman–Crippen LogP) is 1.86. The van der Waals surface area contributed by atoms with Gasteiger partial charge in [0.15, 0.2) is 6.29 Å². The highest BCUT2D eigenvalue weighted by Gasteiger charge is 2.07. The molecular formula is C12H15NO3. The minimum Gasteiger partial charge on any atom is -0.488 e. The van der Waals surface area contributed by atoms with Gasteiger partial charge in [0.2, 0.25) is 0 Å². The first-order valence-electron chi connectivity index (χ1n) is 4.90. The van der Waals surface area contributed by atoms with E-state index in [2.05, 4.69) is 6.07 Å². The Morgan fingerprint density at radius 1 is 1.31 bits per heavy atom. The summed E-state index contributed by atoms with van der Waals surface area (Å²) in [7, 11) is 3.10. The third-order valence-corrected chi connectivity index (χ3v) is 2.22. The third-order valence-electron chi connectivity index (χ3n) is 2.22. The maximum absolute atomic E-state index is 8.77. The van der Waals surface area contributed by atoms with Crippen LogP contribution in [0.1, 0.15) is 11.1 Å². The lowest BCUT2D eigenvalue weighted by Gasteiger charge is -2.15. The van der Waals surface area contributed by atoms with E-state index in [1.165, 1.54) is 0 Å². The highest BCUT2D eigenvalue weighted by atomic mass is 16.7. The molecule has 0 unspecified atom stereocenters. The molecule has 16 heavy (non-hydrogen) atoms. The summed E-state index contributed by atoms with van der Waals surface area (Å²) in [6.07, 6.45) is -0.398. The molecule has 0 heterocycles. The molecule has 0 spiro atoms. The number of hydrogen-bond acceptors (Lipinski definition) is 4. The van der Waals surface area contributed by atoms with Gasteiger partial charge in [-0.2, -0.15) is 5.26 Å². The molecule has 0 amide bonds. The van der Waals surface area contributed by atoms with Crippen molar-refractivity contribution in [1.82, 2.24) is 0 Å². The topological polar surface area (TPSA) is 51.5 Å². The van der Waals surface area contributed by atoms with E-state index in [9.17, 15) is 0 Å². The molecule has 1 aromatic rings. The van der Waals surface area contributed by atoms with Crippen molar-refractivity contribution in [2.45, 2.75) is 13.2 Å². The zero-order valence-corrected chi connectivity index (χ0v) is 9.69. The number of benzene rings is 1. The molecule has 0 aliphatic rings. The normalized spacial score (nSPS) is 10.2. The molecule has 86 valence electrons. The van der Waals surface area contributed by atoms with Crippen molar-refractivity contribution in [3.63, 3.8) is 0 Å². The van der Waals surface area contributed by atoms with E-state index >= 15 is 0 Å². The van der Waals surface area contributed by atoms with E-state index in [0.29, 0.717) is 17.9 Å². The molecule has 0 aromatic heterocycles. The average Bonchev–Trinajstić information content (AvgIpc) is 2.32. The van der Waals surface area contributed by atoms with E-state index in [-0.39, 0.29) is 0 Å². The second-order valence-corrected chi connectivity index (χ2v) is 3.30. The Kier molecular flexibility index (Phi) is 4.77. The Morgan fingerprint density at radius 3 is 2.56 bits per heavy atom. The molecule has 0 bridgehead atoms. The monoisotopic (exact) mass is 221 g/mol. The van der Waals surface area contributed by atoms with Crippen LogP contribution in [0.2, 0.25) is 0 Å². The maximum atomic E-state index is 8.77. The molecular weight excluding hydrogens is 206 g/mol. The van der Waals surface area contributed by atoms with E-state index in [0.717, 1.165) is 5.56 Å². The van der Waals surface area contributed by atoms with E-state index < -0.39 is 6.29 Å². The van der Waals surface area contributed by atoms with Crippen LogP contribution >= 0.6 is 0 Å². The molecule has 4 heteroatoms. The minimum absolute atomic E-state index is 0.294. The van der Waals surface area contributed by atoms with Crippen LogP contribution < -0.4 is 4.74 Å². The summed E-state index contributed by atoms with van der Waals surface area (Å²) in [5, 5.41) is 8.77. The Balaban J connectivity index is 2.69. The van der Waals surface area contributed by atoms with Crippen LogP contribution in [0.15, 0.2) is 18.2 Å². The van der Waals surface area contributed by atoms with Gasteiger partial charge in [0.05, 0.1) is 11.6 Å². The van der Waals surface area contributed by atoms with Gasteiger partial charge in [-0.3, -0.25) is 0 Å². The first kappa shape index (κ1) is 12.5. The quantitative estimate of drug-likeness (QED) is 0.712. The van der Waals surface area contributed by atoms with Gasteiger partial charge in [-0.1, -0.05) is 6.07 Å². The Labute approximate surface area is 95.4 Å². The summed E-state index contributed by atoms with van der Waals surface area (Å²) in [4.78, 5) is 0. The Bertz CT molecular complexity index is 380. The Hall–Kier alpha value is -1.57. The largest absolute Gasteiger partial charge is 0.488 e. The summed E-state index contributed by atoms with van der Waals surface area (Å²) < 4.78 is 15.5. The predicted molar refractivity (Wildman–Crippen MR) is 59.2 cm³/mol. The molecule has 0 saturated carbocycles. The van der Waals surface area contributed by atoms with Crippen molar-refractivity contribution in [3.05, 3.63) is 29.3 Å². The summed E-state index contributed by atoms with van der Waals surface area (Å²) in [5.41, 5.74) is 1.55. The van der Waals surface area contributed by atoms with Gasteiger partial charge < -0.3 is 14.2 Å². The van der Waals surface area contributed by atoms with Gasteiger partial charge in [0, 0.05) is 14.2 Å². The summed E-state index contributed by atoms with van der Waals surface area (Å²) in [5.74, 6) is 0.679. The van der Waals surface area contributed by atoms with Gasteiger partial charge in [0.1, 0.15) is 12.4 Å². The Morgan fingerprint density at radius 2 is 2.00 bits per heavy atom. The second kappa shape index (κ2) is 6.11.